The number of hydrogen-bond acceptors (Lipinski definition) is 2. The molecule has 1 aliphatic carbocycles. The van der Waals surface area contributed by atoms with E-state index in [2.05, 4.69) is 0 Å². The van der Waals surface area contributed by atoms with E-state index in [1.54, 1.807) is 0 Å². The van der Waals surface area contributed by atoms with Gasteiger partial charge in [-0.25, -0.2) is 0 Å². The van der Waals surface area contributed by atoms with Crippen molar-refractivity contribution in [2.24, 2.45) is 17.8 Å². The Morgan fingerprint density at radius 1 is 0.944 bits per heavy atom. The smallest absolute Gasteiger partial charge is 0.225 e. The first-order chi connectivity index (χ1) is 8.59. The SMILES string of the molecule is CC(C)C(=O)C1CCN(C(=O)C2CCCC2)CC1. The van der Waals surface area contributed by atoms with E-state index in [1.165, 1.54) is 12.8 Å². The molecule has 1 saturated heterocycles. The molecule has 0 N–H and O–H groups in total. The summed E-state index contributed by atoms with van der Waals surface area (Å²) >= 11 is 0. The van der Waals surface area contributed by atoms with Gasteiger partial charge in [0.05, 0.1) is 0 Å². The lowest BCUT2D eigenvalue weighted by molar-refractivity contribution is -0.139. The van der Waals surface area contributed by atoms with Crippen LogP contribution in [0.3, 0.4) is 0 Å². The van der Waals surface area contributed by atoms with Crippen LogP contribution in [-0.2, 0) is 9.59 Å². The topological polar surface area (TPSA) is 37.4 Å². The molecule has 1 saturated carbocycles. The van der Waals surface area contributed by atoms with Crippen LogP contribution in [0.5, 0.6) is 0 Å². The molecule has 2 rings (SSSR count). The molecule has 0 radical (unpaired) electrons. The van der Waals surface area contributed by atoms with Crippen molar-refractivity contribution in [2.45, 2.75) is 52.4 Å². The molecule has 0 aromatic heterocycles. The molecule has 1 heterocycles. The minimum absolute atomic E-state index is 0.132. The van der Waals surface area contributed by atoms with Gasteiger partial charge in [0.2, 0.25) is 5.91 Å². The summed E-state index contributed by atoms with van der Waals surface area (Å²) in [4.78, 5) is 26.2. The highest BCUT2D eigenvalue weighted by molar-refractivity contribution is 5.83. The highest BCUT2D eigenvalue weighted by Gasteiger charge is 2.32. The third-order valence-electron chi connectivity index (χ3n) is 4.48. The summed E-state index contributed by atoms with van der Waals surface area (Å²) in [6, 6.07) is 0. The van der Waals surface area contributed by atoms with Gasteiger partial charge in [-0.15, -0.1) is 0 Å². The highest BCUT2D eigenvalue weighted by Crippen LogP contribution is 2.29. The molecule has 2 aliphatic rings. The van der Waals surface area contributed by atoms with Crippen LogP contribution in [0, 0.1) is 17.8 Å². The number of rotatable bonds is 3. The number of likely N-dealkylation sites (tertiary alicyclic amines) is 1. The standard InChI is InChI=1S/C15H25NO2/c1-11(2)14(17)12-7-9-16(10-8-12)15(18)13-5-3-4-6-13/h11-13H,3-10H2,1-2H3. The van der Waals surface area contributed by atoms with Crippen LogP contribution in [0.1, 0.15) is 52.4 Å². The van der Waals surface area contributed by atoms with Gasteiger partial charge in [-0.05, 0) is 25.7 Å². The number of Topliss-reactive ketones (excluding diaryl/α,β-unsaturated/α-hetero) is 1. The number of ketones is 1. The molecule has 0 spiro atoms. The maximum Gasteiger partial charge on any atom is 0.225 e. The zero-order valence-electron chi connectivity index (χ0n) is 11.7. The van der Waals surface area contributed by atoms with Gasteiger partial charge in [-0.3, -0.25) is 9.59 Å². The molecule has 0 atom stereocenters. The lowest BCUT2D eigenvalue weighted by Gasteiger charge is -2.33. The van der Waals surface area contributed by atoms with Crippen LogP contribution in [0.15, 0.2) is 0 Å². The fraction of sp³-hybridized carbons (Fsp3) is 0.867. The predicted molar refractivity (Wildman–Crippen MR) is 71.1 cm³/mol. The third-order valence-corrected chi connectivity index (χ3v) is 4.48. The Hall–Kier alpha value is -0.860. The van der Waals surface area contributed by atoms with Crippen LogP contribution in [0.4, 0.5) is 0 Å². The molecule has 102 valence electrons. The average Bonchev–Trinajstić information content (AvgIpc) is 2.91. The van der Waals surface area contributed by atoms with E-state index in [1.807, 2.05) is 18.7 Å². The summed E-state index contributed by atoms with van der Waals surface area (Å²) in [5.74, 6) is 1.33. The predicted octanol–water partition coefficient (Wildman–Crippen LogP) is 2.64. The molecular weight excluding hydrogens is 226 g/mol. The van der Waals surface area contributed by atoms with Gasteiger partial charge in [0, 0.05) is 30.8 Å². The van der Waals surface area contributed by atoms with Gasteiger partial charge in [-0.1, -0.05) is 26.7 Å². The van der Waals surface area contributed by atoms with E-state index in [0.29, 0.717) is 11.7 Å². The second-order valence-corrected chi connectivity index (χ2v) is 6.14. The fourth-order valence-electron chi connectivity index (χ4n) is 3.29. The summed E-state index contributed by atoms with van der Waals surface area (Å²) in [5, 5.41) is 0. The van der Waals surface area contributed by atoms with E-state index < -0.39 is 0 Å². The molecule has 1 amide bonds. The Morgan fingerprint density at radius 2 is 1.50 bits per heavy atom. The molecule has 3 heteroatoms. The molecular formula is C15H25NO2. The van der Waals surface area contributed by atoms with Crippen LogP contribution >= 0.6 is 0 Å². The summed E-state index contributed by atoms with van der Waals surface area (Å²) in [6.45, 7) is 5.52. The second kappa shape index (κ2) is 5.85. The maximum absolute atomic E-state index is 12.3. The van der Waals surface area contributed by atoms with Gasteiger partial charge >= 0.3 is 0 Å². The second-order valence-electron chi connectivity index (χ2n) is 6.14. The molecule has 0 bridgehead atoms. The summed E-state index contributed by atoms with van der Waals surface area (Å²) in [6.07, 6.45) is 6.30. The minimum Gasteiger partial charge on any atom is -0.342 e. The lowest BCUT2D eigenvalue weighted by Crippen LogP contribution is -2.43. The van der Waals surface area contributed by atoms with Crippen molar-refractivity contribution in [1.29, 1.82) is 0 Å². The van der Waals surface area contributed by atoms with Crippen molar-refractivity contribution in [1.82, 2.24) is 4.90 Å². The number of carbonyl (C=O) groups is 2. The van der Waals surface area contributed by atoms with E-state index in [0.717, 1.165) is 38.8 Å². The number of piperidine rings is 1. The Balaban J connectivity index is 1.82. The first kappa shape index (κ1) is 13.6. The minimum atomic E-state index is 0.132. The Bertz CT molecular complexity index is 310. The summed E-state index contributed by atoms with van der Waals surface area (Å²) in [7, 11) is 0. The van der Waals surface area contributed by atoms with Gasteiger partial charge in [0.25, 0.3) is 0 Å². The molecule has 1 aliphatic heterocycles. The monoisotopic (exact) mass is 251 g/mol. The van der Waals surface area contributed by atoms with Gasteiger partial charge in [0.1, 0.15) is 5.78 Å². The highest BCUT2D eigenvalue weighted by atomic mass is 16.2. The van der Waals surface area contributed by atoms with Crippen molar-refractivity contribution in [3.63, 3.8) is 0 Å². The van der Waals surface area contributed by atoms with Gasteiger partial charge in [0.15, 0.2) is 0 Å². The number of nitrogens with zero attached hydrogens (tertiary/aromatic N) is 1. The molecule has 0 aromatic carbocycles. The lowest BCUT2D eigenvalue weighted by atomic mass is 9.87. The van der Waals surface area contributed by atoms with Crippen molar-refractivity contribution in [2.75, 3.05) is 13.1 Å². The van der Waals surface area contributed by atoms with Crippen molar-refractivity contribution >= 4 is 11.7 Å². The van der Waals surface area contributed by atoms with Crippen LogP contribution in [0.2, 0.25) is 0 Å². The maximum atomic E-state index is 12.3. The largest absolute Gasteiger partial charge is 0.342 e. The normalized spacial score (nSPS) is 22.7. The molecule has 0 unspecified atom stereocenters. The van der Waals surface area contributed by atoms with Crippen molar-refractivity contribution < 1.29 is 9.59 Å². The van der Waals surface area contributed by atoms with Crippen LogP contribution in [-0.4, -0.2) is 29.7 Å². The van der Waals surface area contributed by atoms with E-state index in [4.69, 9.17) is 0 Å². The number of amides is 1. The summed E-state index contributed by atoms with van der Waals surface area (Å²) < 4.78 is 0. The zero-order valence-corrected chi connectivity index (χ0v) is 11.7. The number of hydrogen-bond donors (Lipinski definition) is 0. The Kier molecular flexibility index (Phi) is 4.41. The van der Waals surface area contributed by atoms with Crippen LogP contribution < -0.4 is 0 Å². The Morgan fingerprint density at radius 3 is 2.00 bits per heavy atom. The van der Waals surface area contributed by atoms with Gasteiger partial charge < -0.3 is 4.90 Å². The fourth-order valence-corrected chi connectivity index (χ4v) is 3.29. The summed E-state index contributed by atoms with van der Waals surface area (Å²) in [5.41, 5.74) is 0. The first-order valence-corrected chi connectivity index (χ1v) is 7.42. The van der Waals surface area contributed by atoms with E-state index in [-0.39, 0.29) is 17.8 Å². The van der Waals surface area contributed by atoms with E-state index >= 15 is 0 Å². The van der Waals surface area contributed by atoms with E-state index in [9.17, 15) is 9.59 Å². The quantitative estimate of drug-likeness (QED) is 0.773. The Labute approximate surface area is 110 Å². The average molecular weight is 251 g/mol. The first-order valence-electron chi connectivity index (χ1n) is 7.42. The van der Waals surface area contributed by atoms with Gasteiger partial charge in [-0.2, -0.15) is 0 Å². The molecule has 2 fully saturated rings. The van der Waals surface area contributed by atoms with Crippen molar-refractivity contribution in [3.05, 3.63) is 0 Å². The molecule has 3 nitrogen and oxygen atoms in total. The van der Waals surface area contributed by atoms with Crippen LogP contribution in [0.25, 0.3) is 0 Å². The zero-order chi connectivity index (χ0) is 13.1. The molecule has 0 aromatic rings. The number of carbonyl (C=O) groups excluding carboxylic acids is 2. The third kappa shape index (κ3) is 2.93. The van der Waals surface area contributed by atoms with Crippen molar-refractivity contribution in [3.8, 4) is 0 Å². The molecule has 18 heavy (non-hydrogen) atoms.